The van der Waals surface area contributed by atoms with E-state index in [2.05, 4.69) is 17.2 Å². The van der Waals surface area contributed by atoms with E-state index in [4.69, 9.17) is 0 Å². The molecule has 5 heteroatoms. The summed E-state index contributed by atoms with van der Waals surface area (Å²) in [6.07, 6.45) is 2.31. The average molecular weight is 351 g/mol. The van der Waals surface area contributed by atoms with Gasteiger partial charge in [0.1, 0.15) is 11.6 Å². The van der Waals surface area contributed by atoms with Gasteiger partial charge in [0.05, 0.1) is 11.7 Å². The molecule has 0 spiro atoms. The summed E-state index contributed by atoms with van der Waals surface area (Å²) >= 11 is 0. The minimum atomic E-state index is 0.0349. The molecule has 1 aliphatic carbocycles. The van der Waals surface area contributed by atoms with Gasteiger partial charge in [-0.3, -0.25) is 4.79 Å². The van der Waals surface area contributed by atoms with Crippen LogP contribution in [0.2, 0.25) is 0 Å². The van der Waals surface area contributed by atoms with Crippen LogP contribution in [0.25, 0.3) is 0 Å². The lowest BCUT2D eigenvalue weighted by atomic mass is 9.80. The maximum absolute atomic E-state index is 12.5. The number of amides is 1. The molecule has 2 aliphatic rings. The molecule has 3 atom stereocenters. The Morgan fingerprint density at radius 1 is 1.27 bits per heavy atom. The number of hydrogen-bond acceptors (Lipinski definition) is 4. The molecule has 1 aromatic heterocycles. The van der Waals surface area contributed by atoms with Crippen molar-refractivity contribution >= 4 is 17.4 Å². The standard InChI is InChI=1S/C21H25N3O2/c1-12-5-4-6-19(22-12)23-20-13(2)21(15-7-8-15)24(14(3)25)18-11-16(26)9-10-17(18)20/h4-6,9-11,13,15,20-21,26H,7-8H2,1-3H3,(H,22,23)/t13-,20-,21-/m1/s1. The average Bonchev–Trinajstić information content (AvgIpc) is 3.41. The van der Waals surface area contributed by atoms with Crippen molar-refractivity contribution in [3.8, 4) is 5.75 Å². The fourth-order valence-electron chi connectivity index (χ4n) is 4.33. The Bertz CT molecular complexity index is 847. The van der Waals surface area contributed by atoms with E-state index in [1.165, 1.54) is 0 Å². The number of phenols is 1. The molecule has 1 saturated carbocycles. The SMILES string of the molecule is CC(=O)N1c2cc(O)ccc2[C@H](Nc2cccc(C)n2)[C@@H](C)[C@@H]1C1CC1. The monoisotopic (exact) mass is 351 g/mol. The molecular formula is C21H25N3O2. The number of anilines is 2. The number of nitrogens with one attached hydrogen (secondary N) is 1. The number of fused-ring (bicyclic) bond motifs is 1. The van der Waals surface area contributed by atoms with Gasteiger partial charge in [-0.25, -0.2) is 4.98 Å². The summed E-state index contributed by atoms with van der Waals surface area (Å²) in [6, 6.07) is 11.5. The van der Waals surface area contributed by atoms with Crippen LogP contribution in [-0.4, -0.2) is 22.0 Å². The van der Waals surface area contributed by atoms with Crippen LogP contribution in [0.5, 0.6) is 5.75 Å². The van der Waals surface area contributed by atoms with Gasteiger partial charge in [-0.05, 0) is 49.4 Å². The van der Waals surface area contributed by atoms with Crippen LogP contribution >= 0.6 is 0 Å². The van der Waals surface area contributed by atoms with Crippen LogP contribution in [0, 0.1) is 18.8 Å². The lowest BCUT2D eigenvalue weighted by Gasteiger charge is -2.45. The van der Waals surface area contributed by atoms with Crippen molar-refractivity contribution in [2.75, 3.05) is 10.2 Å². The fraction of sp³-hybridized carbons (Fsp3) is 0.429. The molecule has 0 bridgehead atoms. The summed E-state index contributed by atoms with van der Waals surface area (Å²) in [5.74, 6) is 1.83. The van der Waals surface area contributed by atoms with Crippen molar-refractivity contribution in [1.29, 1.82) is 0 Å². The molecule has 136 valence electrons. The van der Waals surface area contributed by atoms with Crippen LogP contribution in [0.1, 0.15) is 44.0 Å². The van der Waals surface area contributed by atoms with Gasteiger partial charge in [0, 0.05) is 30.6 Å². The van der Waals surface area contributed by atoms with Crippen molar-refractivity contribution in [2.45, 2.75) is 45.7 Å². The summed E-state index contributed by atoms with van der Waals surface area (Å²) in [6.45, 7) is 5.81. The number of pyridine rings is 1. The van der Waals surface area contributed by atoms with Crippen LogP contribution in [0.4, 0.5) is 11.5 Å². The van der Waals surface area contributed by atoms with Gasteiger partial charge in [-0.1, -0.05) is 19.1 Å². The molecule has 0 unspecified atom stereocenters. The molecule has 1 aliphatic heterocycles. The molecule has 2 aromatic rings. The Hall–Kier alpha value is -2.56. The number of phenolic OH excluding ortho intramolecular Hbond substituents is 1. The second kappa shape index (κ2) is 6.31. The minimum absolute atomic E-state index is 0.0349. The van der Waals surface area contributed by atoms with Gasteiger partial charge < -0.3 is 15.3 Å². The van der Waals surface area contributed by atoms with Gasteiger partial charge in [-0.15, -0.1) is 0 Å². The molecule has 26 heavy (non-hydrogen) atoms. The van der Waals surface area contributed by atoms with Crippen LogP contribution in [0.3, 0.4) is 0 Å². The lowest BCUT2D eigenvalue weighted by molar-refractivity contribution is -0.117. The van der Waals surface area contributed by atoms with Crippen LogP contribution in [0.15, 0.2) is 36.4 Å². The second-order valence-corrected chi connectivity index (χ2v) is 7.61. The van der Waals surface area contributed by atoms with E-state index in [1.807, 2.05) is 36.1 Å². The summed E-state index contributed by atoms with van der Waals surface area (Å²) in [7, 11) is 0. The van der Waals surface area contributed by atoms with E-state index in [0.717, 1.165) is 35.6 Å². The normalized spacial score (nSPS) is 24.9. The van der Waals surface area contributed by atoms with Crippen molar-refractivity contribution < 1.29 is 9.90 Å². The Morgan fingerprint density at radius 3 is 2.69 bits per heavy atom. The predicted octanol–water partition coefficient (Wildman–Crippen LogP) is 4.03. The van der Waals surface area contributed by atoms with E-state index < -0.39 is 0 Å². The Balaban J connectivity index is 1.80. The number of carbonyl (C=O) groups excluding carboxylic acids is 1. The highest BCUT2D eigenvalue weighted by Gasteiger charge is 2.47. The zero-order chi connectivity index (χ0) is 18.4. The van der Waals surface area contributed by atoms with Gasteiger partial charge >= 0.3 is 0 Å². The molecule has 1 aromatic carbocycles. The van der Waals surface area contributed by atoms with Crippen molar-refractivity contribution in [3.05, 3.63) is 47.7 Å². The van der Waals surface area contributed by atoms with Crippen LogP contribution < -0.4 is 10.2 Å². The van der Waals surface area contributed by atoms with Crippen molar-refractivity contribution in [2.24, 2.45) is 11.8 Å². The summed E-state index contributed by atoms with van der Waals surface area (Å²) < 4.78 is 0. The number of aromatic hydroxyl groups is 1. The molecule has 0 saturated heterocycles. The summed E-state index contributed by atoms with van der Waals surface area (Å²) in [4.78, 5) is 19.0. The molecule has 2 N–H and O–H groups in total. The topological polar surface area (TPSA) is 65.5 Å². The Labute approximate surface area is 154 Å². The number of rotatable bonds is 3. The second-order valence-electron chi connectivity index (χ2n) is 7.61. The number of aryl methyl sites for hydroxylation is 1. The number of aromatic nitrogens is 1. The lowest BCUT2D eigenvalue weighted by Crippen LogP contribution is -2.51. The van der Waals surface area contributed by atoms with Gasteiger partial charge in [0.2, 0.25) is 5.91 Å². The molecule has 0 radical (unpaired) electrons. The smallest absolute Gasteiger partial charge is 0.224 e. The Kier molecular flexibility index (Phi) is 4.10. The zero-order valence-corrected chi connectivity index (χ0v) is 15.4. The fourth-order valence-corrected chi connectivity index (χ4v) is 4.33. The first-order valence-electron chi connectivity index (χ1n) is 9.28. The van der Waals surface area contributed by atoms with E-state index in [1.54, 1.807) is 19.1 Å². The number of hydrogen-bond donors (Lipinski definition) is 2. The summed E-state index contributed by atoms with van der Waals surface area (Å²) in [5, 5.41) is 13.6. The number of carbonyl (C=O) groups is 1. The molecule has 1 amide bonds. The highest BCUT2D eigenvalue weighted by molar-refractivity contribution is 5.94. The predicted molar refractivity (Wildman–Crippen MR) is 102 cm³/mol. The first-order valence-corrected chi connectivity index (χ1v) is 9.28. The first-order chi connectivity index (χ1) is 12.5. The third-order valence-corrected chi connectivity index (χ3v) is 5.61. The van der Waals surface area contributed by atoms with Crippen LogP contribution in [-0.2, 0) is 4.79 Å². The van der Waals surface area contributed by atoms with E-state index >= 15 is 0 Å². The van der Waals surface area contributed by atoms with Gasteiger partial charge in [0.15, 0.2) is 0 Å². The first kappa shape index (κ1) is 16.9. The van der Waals surface area contributed by atoms with Gasteiger partial charge in [0.25, 0.3) is 0 Å². The minimum Gasteiger partial charge on any atom is -0.508 e. The maximum atomic E-state index is 12.5. The van der Waals surface area contributed by atoms with Crippen molar-refractivity contribution in [1.82, 2.24) is 4.98 Å². The highest BCUT2D eigenvalue weighted by Crippen LogP contribution is 2.50. The third-order valence-electron chi connectivity index (χ3n) is 5.61. The van der Waals surface area contributed by atoms with E-state index in [9.17, 15) is 9.90 Å². The van der Waals surface area contributed by atoms with Gasteiger partial charge in [-0.2, -0.15) is 0 Å². The largest absolute Gasteiger partial charge is 0.508 e. The molecular weight excluding hydrogens is 326 g/mol. The van der Waals surface area contributed by atoms with Crippen molar-refractivity contribution in [3.63, 3.8) is 0 Å². The Morgan fingerprint density at radius 2 is 2.04 bits per heavy atom. The summed E-state index contributed by atoms with van der Waals surface area (Å²) in [5.41, 5.74) is 2.82. The molecule has 5 nitrogen and oxygen atoms in total. The number of benzene rings is 1. The zero-order valence-electron chi connectivity index (χ0n) is 15.4. The maximum Gasteiger partial charge on any atom is 0.224 e. The molecule has 1 fully saturated rings. The molecule has 2 heterocycles. The quantitative estimate of drug-likeness (QED) is 0.876. The van der Waals surface area contributed by atoms with E-state index in [0.29, 0.717) is 5.92 Å². The third kappa shape index (κ3) is 2.91. The highest BCUT2D eigenvalue weighted by atomic mass is 16.3. The molecule has 4 rings (SSSR count). The van der Waals surface area contributed by atoms with E-state index in [-0.39, 0.29) is 29.7 Å². The number of nitrogens with zero attached hydrogens (tertiary/aromatic N) is 2.